The summed E-state index contributed by atoms with van der Waals surface area (Å²) in [4.78, 5) is 32.2. The Labute approximate surface area is 229 Å². The lowest BCUT2D eigenvalue weighted by atomic mass is 10.0. The Bertz CT molecular complexity index is 1200. The number of aliphatic hydroxyl groups excluding tert-OH is 1. The third-order valence-corrected chi connectivity index (χ3v) is 4.94. The largest absolute Gasteiger partial charge is 0.490 e. The number of aliphatic hydroxyl groups is 1. The van der Waals surface area contributed by atoms with Crippen molar-refractivity contribution in [2.45, 2.75) is 31.4 Å². The minimum absolute atomic E-state index is 0.0926. The molecule has 0 saturated heterocycles. The third-order valence-electron chi connectivity index (χ3n) is 4.94. The lowest BCUT2D eigenvalue weighted by Crippen LogP contribution is -2.45. The van der Waals surface area contributed by atoms with Crippen LogP contribution in [0.2, 0.25) is 0 Å². The van der Waals surface area contributed by atoms with Crippen LogP contribution in [0, 0.1) is 0 Å². The van der Waals surface area contributed by atoms with E-state index in [0.717, 1.165) is 22.3 Å². The molecule has 3 aromatic rings. The molecule has 1 heterocycles. The van der Waals surface area contributed by atoms with Gasteiger partial charge in [-0.2, -0.15) is 31.4 Å². The van der Waals surface area contributed by atoms with Crippen LogP contribution >= 0.6 is 0 Å². The normalized spacial score (nSPS) is 11.7. The minimum atomic E-state index is -5.08. The predicted octanol–water partition coefficient (Wildman–Crippen LogP) is 3.23. The first-order valence-electron chi connectivity index (χ1n) is 11.4. The molecule has 1 aromatic heterocycles. The van der Waals surface area contributed by atoms with Crippen molar-refractivity contribution in [2.75, 3.05) is 13.2 Å². The summed E-state index contributed by atoms with van der Waals surface area (Å²) in [6, 6.07) is 17.0. The van der Waals surface area contributed by atoms with Crippen molar-refractivity contribution in [1.82, 2.24) is 15.1 Å². The molecular weight excluding hydrogens is 566 g/mol. The van der Waals surface area contributed by atoms with Crippen LogP contribution in [-0.2, 0) is 27.3 Å². The standard InChI is InChI=1S/C21H24N4O2.2C2HF3O2/c22-20(12-16-6-8-18(9-7-16)19-13-23-24-14-19)21(27)25(10-11-26)15-17-4-2-1-3-5-17;2*3-2(4,5)1(6)7/h1-9,13-14,20,26H,10-12,15,22H2,(H,23,24);2*(H,6,7)/t20-;;/m0../s1. The van der Waals surface area contributed by atoms with Gasteiger partial charge in [0.2, 0.25) is 5.91 Å². The molecule has 0 aliphatic rings. The van der Waals surface area contributed by atoms with Crippen molar-refractivity contribution in [3.8, 4) is 11.1 Å². The number of hydrogen-bond acceptors (Lipinski definition) is 6. The zero-order chi connectivity index (χ0) is 31.2. The fourth-order valence-electron chi connectivity index (χ4n) is 3.01. The number of hydrogen-bond donors (Lipinski definition) is 5. The van der Waals surface area contributed by atoms with Crippen molar-refractivity contribution < 1.29 is 56.0 Å². The van der Waals surface area contributed by atoms with E-state index in [-0.39, 0.29) is 19.1 Å². The zero-order valence-electron chi connectivity index (χ0n) is 21.1. The third kappa shape index (κ3) is 13.0. The number of nitrogens with one attached hydrogen (secondary N) is 1. The Morgan fingerprint density at radius 1 is 0.854 bits per heavy atom. The number of carboxylic acid groups (broad SMARTS) is 2. The molecule has 0 fully saturated rings. The highest BCUT2D eigenvalue weighted by Crippen LogP contribution is 2.19. The Morgan fingerprint density at radius 2 is 1.37 bits per heavy atom. The van der Waals surface area contributed by atoms with Crippen molar-refractivity contribution in [1.29, 1.82) is 0 Å². The van der Waals surface area contributed by atoms with Gasteiger partial charge >= 0.3 is 24.3 Å². The Balaban J connectivity index is 0.000000497. The first kappa shape index (κ1) is 34.6. The number of aromatic nitrogens is 2. The molecule has 0 aliphatic carbocycles. The molecule has 224 valence electrons. The second-order valence-corrected chi connectivity index (χ2v) is 8.07. The van der Waals surface area contributed by atoms with Crippen LogP contribution in [0.4, 0.5) is 26.3 Å². The van der Waals surface area contributed by atoms with Crippen LogP contribution in [0.5, 0.6) is 0 Å². The molecule has 1 amide bonds. The van der Waals surface area contributed by atoms with Gasteiger partial charge in [-0.25, -0.2) is 9.59 Å². The Hall–Kier alpha value is -4.44. The van der Waals surface area contributed by atoms with Crippen LogP contribution < -0.4 is 5.73 Å². The molecular formula is C25H26F6N4O6. The van der Waals surface area contributed by atoms with E-state index >= 15 is 0 Å². The van der Waals surface area contributed by atoms with E-state index in [0.29, 0.717) is 13.0 Å². The van der Waals surface area contributed by atoms with E-state index in [4.69, 9.17) is 25.5 Å². The first-order valence-corrected chi connectivity index (χ1v) is 11.4. The topological polar surface area (TPSA) is 170 Å². The number of carbonyl (C=O) groups is 3. The molecule has 0 bridgehead atoms. The smallest absolute Gasteiger partial charge is 0.475 e. The van der Waals surface area contributed by atoms with E-state index in [1.165, 1.54) is 0 Å². The average Bonchev–Trinajstić information content (AvgIpc) is 3.44. The number of nitrogens with two attached hydrogens (primary N) is 1. The fraction of sp³-hybridized carbons (Fsp3) is 0.280. The molecule has 41 heavy (non-hydrogen) atoms. The maximum absolute atomic E-state index is 12.8. The number of benzene rings is 2. The van der Waals surface area contributed by atoms with Crippen molar-refractivity contribution >= 4 is 17.8 Å². The van der Waals surface area contributed by atoms with Crippen LogP contribution in [-0.4, -0.2) is 79.8 Å². The van der Waals surface area contributed by atoms with Crippen LogP contribution in [0.1, 0.15) is 11.1 Å². The number of aromatic amines is 1. The van der Waals surface area contributed by atoms with Gasteiger partial charge in [0.05, 0.1) is 18.8 Å². The fourth-order valence-corrected chi connectivity index (χ4v) is 3.01. The Kier molecular flexibility index (Phi) is 13.5. The summed E-state index contributed by atoms with van der Waals surface area (Å²) in [5, 5.41) is 30.3. The van der Waals surface area contributed by atoms with Gasteiger partial charge in [-0.15, -0.1) is 0 Å². The second-order valence-electron chi connectivity index (χ2n) is 8.07. The van der Waals surface area contributed by atoms with E-state index in [2.05, 4.69) is 10.2 Å². The Morgan fingerprint density at radius 3 is 1.78 bits per heavy atom. The second kappa shape index (κ2) is 16.0. The number of halogens is 6. The van der Waals surface area contributed by atoms with E-state index < -0.39 is 30.3 Å². The van der Waals surface area contributed by atoms with Gasteiger partial charge in [-0.1, -0.05) is 54.6 Å². The molecule has 0 unspecified atom stereocenters. The highest BCUT2D eigenvalue weighted by Gasteiger charge is 2.38. The molecule has 1 atom stereocenters. The van der Waals surface area contributed by atoms with Gasteiger partial charge in [0.15, 0.2) is 0 Å². The maximum Gasteiger partial charge on any atom is 0.490 e. The zero-order valence-corrected chi connectivity index (χ0v) is 21.1. The molecule has 0 radical (unpaired) electrons. The van der Waals surface area contributed by atoms with Gasteiger partial charge in [0.25, 0.3) is 0 Å². The summed E-state index contributed by atoms with van der Waals surface area (Å²) in [7, 11) is 0. The minimum Gasteiger partial charge on any atom is -0.475 e. The number of H-pyrrole nitrogens is 1. The maximum atomic E-state index is 12.8. The number of rotatable bonds is 8. The number of carbonyl (C=O) groups excluding carboxylic acids is 1. The summed E-state index contributed by atoms with van der Waals surface area (Å²) < 4.78 is 63.5. The number of carboxylic acids is 2. The van der Waals surface area contributed by atoms with Gasteiger partial charge in [-0.05, 0) is 23.1 Å². The van der Waals surface area contributed by atoms with Crippen molar-refractivity contribution in [2.24, 2.45) is 5.73 Å². The van der Waals surface area contributed by atoms with E-state index in [9.17, 15) is 36.2 Å². The average molecular weight is 592 g/mol. The summed E-state index contributed by atoms with van der Waals surface area (Å²) in [6.07, 6.45) is -6.12. The molecule has 3 rings (SSSR count). The van der Waals surface area contributed by atoms with Gasteiger partial charge in [0, 0.05) is 24.8 Å². The lowest BCUT2D eigenvalue weighted by Gasteiger charge is -2.25. The summed E-state index contributed by atoms with van der Waals surface area (Å²) >= 11 is 0. The van der Waals surface area contributed by atoms with E-state index in [1.54, 1.807) is 11.1 Å². The first-order chi connectivity index (χ1) is 19.1. The van der Waals surface area contributed by atoms with Crippen LogP contribution in [0.15, 0.2) is 67.0 Å². The van der Waals surface area contributed by atoms with E-state index in [1.807, 2.05) is 60.8 Å². The summed E-state index contributed by atoms with van der Waals surface area (Å²) in [5.41, 5.74) is 10.2. The highest BCUT2D eigenvalue weighted by molar-refractivity contribution is 5.82. The molecule has 0 saturated carbocycles. The van der Waals surface area contributed by atoms with Crippen LogP contribution in [0.25, 0.3) is 11.1 Å². The molecule has 0 spiro atoms. The van der Waals surface area contributed by atoms with Crippen molar-refractivity contribution in [3.05, 3.63) is 78.1 Å². The highest BCUT2D eigenvalue weighted by atomic mass is 19.4. The SMILES string of the molecule is N[C@@H](Cc1ccc(-c2cn[nH]c2)cc1)C(=O)N(CCO)Cc1ccccc1.O=C(O)C(F)(F)F.O=C(O)C(F)(F)F. The number of alkyl halides is 6. The molecule has 6 N–H and O–H groups in total. The van der Waals surface area contributed by atoms with Gasteiger partial charge in [0.1, 0.15) is 0 Å². The predicted molar refractivity (Wildman–Crippen MR) is 132 cm³/mol. The summed E-state index contributed by atoms with van der Waals surface area (Å²) in [6.45, 7) is 0.610. The molecule has 10 nitrogen and oxygen atoms in total. The lowest BCUT2D eigenvalue weighted by molar-refractivity contribution is -0.193. The molecule has 0 aliphatic heterocycles. The van der Waals surface area contributed by atoms with Gasteiger partial charge in [-0.3, -0.25) is 9.89 Å². The van der Waals surface area contributed by atoms with Crippen molar-refractivity contribution in [3.63, 3.8) is 0 Å². The molecule has 2 aromatic carbocycles. The summed E-state index contributed by atoms with van der Waals surface area (Å²) in [5.74, 6) is -5.67. The molecule has 16 heteroatoms. The monoisotopic (exact) mass is 592 g/mol. The number of amides is 1. The van der Waals surface area contributed by atoms with Gasteiger partial charge < -0.3 is 26.0 Å². The van der Waals surface area contributed by atoms with Crippen LogP contribution in [0.3, 0.4) is 0 Å². The quantitative estimate of drug-likeness (QED) is 0.248. The number of aliphatic carboxylic acids is 2. The number of nitrogens with zero attached hydrogens (tertiary/aromatic N) is 2.